The van der Waals surface area contributed by atoms with Gasteiger partial charge >= 0.3 is 0 Å². The molecular weight excluding hydrogens is 727 g/mol. The van der Waals surface area contributed by atoms with E-state index in [1.807, 2.05) is 13.8 Å². The van der Waals surface area contributed by atoms with E-state index in [1.54, 1.807) is 69.4 Å². The van der Waals surface area contributed by atoms with E-state index in [1.165, 1.54) is 22.9 Å². The summed E-state index contributed by atoms with van der Waals surface area (Å²) in [6.45, 7) is 7.55. The number of nitrogens with zero attached hydrogens (tertiary/aromatic N) is 3. The lowest BCUT2D eigenvalue weighted by Crippen LogP contribution is -2.58. The largest absolute Gasteiger partial charge is 0.497 e. The highest BCUT2D eigenvalue weighted by Crippen LogP contribution is 2.30. The third kappa shape index (κ3) is 11.8. The number of ether oxygens (including phenoxy) is 2. The average Bonchev–Trinajstić information content (AvgIpc) is 3.88. The number of carbonyl (C=O) groups is 4. The normalized spacial score (nSPS) is 22.1. The number of nitrogens with one attached hydrogen (secondary N) is 4. The Morgan fingerprint density at radius 1 is 0.982 bits per heavy atom. The van der Waals surface area contributed by atoms with E-state index in [4.69, 9.17) is 9.47 Å². The molecule has 2 aliphatic heterocycles. The Kier molecular flexibility index (Phi) is 13.6. The van der Waals surface area contributed by atoms with Crippen LogP contribution in [0.3, 0.4) is 0 Å². The zero-order chi connectivity index (χ0) is 39.9. The fourth-order valence-corrected chi connectivity index (χ4v) is 8.00. The summed E-state index contributed by atoms with van der Waals surface area (Å²) >= 11 is 0. The average molecular weight is 780 g/mol. The highest BCUT2D eigenvalue weighted by molar-refractivity contribution is 7.89. The molecule has 1 aliphatic carbocycles. The number of hydrogen-bond acceptors (Lipinski definition) is 9. The van der Waals surface area contributed by atoms with Crippen molar-refractivity contribution in [3.8, 4) is 11.5 Å². The minimum atomic E-state index is -4.26. The van der Waals surface area contributed by atoms with Gasteiger partial charge in [-0.15, -0.1) is 0 Å². The summed E-state index contributed by atoms with van der Waals surface area (Å²) in [6, 6.07) is 9.88. The Bertz CT molecular complexity index is 1930. The summed E-state index contributed by atoms with van der Waals surface area (Å²) < 4.78 is 42.7. The Morgan fingerprint density at radius 3 is 2.27 bits per heavy atom. The highest BCUT2D eigenvalue weighted by atomic mass is 32.2. The molecule has 3 heterocycles. The van der Waals surface area contributed by atoms with E-state index >= 15 is 0 Å². The molecule has 4 N–H and O–H groups in total. The molecule has 15 nitrogen and oxygen atoms in total. The minimum absolute atomic E-state index is 0.0150. The molecule has 2 aromatic carbocycles. The fraction of sp³-hybridized carbons (Fsp3) is 0.513. The van der Waals surface area contributed by atoms with Gasteiger partial charge in [-0.2, -0.15) is 9.82 Å². The first-order valence-corrected chi connectivity index (χ1v) is 20.1. The maximum Gasteiger partial charge on any atom is 0.245 e. The number of fused-ring (bicyclic) bond motifs is 17. The summed E-state index contributed by atoms with van der Waals surface area (Å²) in [5.74, 6) is -0.548. The standard InChI is InChI=1S/C39H53N7O8S/c1-24(2)17-30-23-54-32-15-11-28(12-16-32)19-34(44-55(51,52)35-21-45(5)43-25(35)3)38(49)42-33(18-27-9-13-31(53-6)14-10-27)37(48)40-26(4)39(50)46(20-29-7-8-29)22-36(47)41-30/h9-16,21,24,26,29-30,33-34,44H,7-8,17-20,22-23H2,1-6H3,(H,40,48)(H,41,47)(H,42,49)/t26-,30+,33+,34+/m1/s1. The second kappa shape index (κ2) is 18.1. The van der Waals surface area contributed by atoms with Gasteiger partial charge in [0, 0.05) is 26.2 Å². The summed E-state index contributed by atoms with van der Waals surface area (Å²) in [4.78, 5) is 57.0. The molecule has 0 unspecified atom stereocenters. The van der Waals surface area contributed by atoms with Crippen LogP contribution in [0.4, 0.5) is 0 Å². The van der Waals surface area contributed by atoms with Crippen LogP contribution in [0.2, 0.25) is 0 Å². The van der Waals surface area contributed by atoms with Crippen molar-refractivity contribution < 1.29 is 37.1 Å². The van der Waals surface area contributed by atoms with Crippen LogP contribution in [0.15, 0.2) is 59.6 Å². The number of benzene rings is 2. The molecule has 0 saturated heterocycles. The molecule has 1 aromatic heterocycles. The van der Waals surface area contributed by atoms with E-state index in [0.29, 0.717) is 35.6 Å². The van der Waals surface area contributed by atoms with Crippen molar-refractivity contribution in [2.45, 2.75) is 88.9 Å². The quantitative estimate of drug-likeness (QED) is 0.223. The van der Waals surface area contributed by atoms with Crippen molar-refractivity contribution in [2.75, 3.05) is 26.8 Å². The topological polar surface area (TPSA) is 190 Å². The number of sulfonamides is 1. The predicted octanol–water partition coefficient (Wildman–Crippen LogP) is 2.02. The smallest absolute Gasteiger partial charge is 0.245 e. The Hall–Kier alpha value is -4.96. The molecule has 1 fully saturated rings. The van der Waals surface area contributed by atoms with Crippen LogP contribution in [0.25, 0.3) is 0 Å². The van der Waals surface area contributed by atoms with Gasteiger partial charge in [0.1, 0.15) is 41.1 Å². The van der Waals surface area contributed by atoms with Crippen molar-refractivity contribution in [2.24, 2.45) is 18.9 Å². The first-order chi connectivity index (χ1) is 26.1. The third-order valence-electron chi connectivity index (χ3n) is 9.59. The van der Waals surface area contributed by atoms with Crippen molar-refractivity contribution in [3.05, 3.63) is 71.5 Å². The summed E-state index contributed by atoms with van der Waals surface area (Å²) in [6.07, 6.45) is 3.81. The maximum atomic E-state index is 14.2. The molecule has 0 spiro atoms. The lowest BCUT2D eigenvalue weighted by atomic mass is 10.0. The Balaban J connectivity index is 1.50. The summed E-state index contributed by atoms with van der Waals surface area (Å²) in [5, 5.41) is 12.7. The van der Waals surface area contributed by atoms with Gasteiger partial charge in [0.2, 0.25) is 33.7 Å². The molecular formula is C39H53N7O8S. The van der Waals surface area contributed by atoms with Crippen molar-refractivity contribution in [1.29, 1.82) is 0 Å². The maximum absolute atomic E-state index is 14.2. The van der Waals surface area contributed by atoms with Gasteiger partial charge in [0.05, 0.1) is 25.4 Å². The van der Waals surface area contributed by atoms with Gasteiger partial charge in [0.25, 0.3) is 0 Å². The molecule has 298 valence electrons. The van der Waals surface area contributed by atoms with Gasteiger partial charge < -0.3 is 30.3 Å². The number of aromatic nitrogens is 2. The number of amides is 4. The van der Waals surface area contributed by atoms with Gasteiger partial charge in [-0.25, -0.2) is 8.42 Å². The van der Waals surface area contributed by atoms with E-state index in [2.05, 4.69) is 25.8 Å². The zero-order valence-electron chi connectivity index (χ0n) is 32.3. The molecule has 16 heteroatoms. The number of aryl methyl sites for hydroxylation is 2. The third-order valence-corrected chi connectivity index (χ3v) is 11.2. The molecule has 55 heavy (non-hydrogen) atoms. The summed E-state index contributed by atoms with van der Waals surface area (Å²) in [5.41, 5.74) is 1.55. The van der Waals surface area contributed by atoms with Gasteiger partial charge in [-0.05, 0) is 86.8 Å². The first-order valence-electron chi connectivity index (χ1n) is 18.7. The lowest BCUT2D eigenvalue weighted by molar-refractivity contribution is -0.140. The van der Waals surface area contributed by atoms with Gasteiger partial charge in [-0.3, -0.25) is 23.9 Å². The molecule has 6 rings (SSSR count). The number of hydrogen-bond donors (Lipinski definition) is 4. The van der Waals surface area contributed by atoms with E-state index < -0.39 is 45.9 Å². The molecule has 0 radical (unpaired) electrons. The molecule has 2 bridgehead atoms. The van der Waals surface area contributed by atoms with Gasteiger partial charge in [0.15, 0.2) is 0 Å². The van der Waals surface area contributed by atoms with Crippen molar-refractivity contribution in [3.63, 3.8) is 0 Å². The van der Waals surface area contributed by atoms with Crippen molar-refractivity contribution >= 4 is 33.7 Å². The van der Waals surface area contributed by atoms with E-state index in [-0.39, 0.29) is 60.4 Å². The van der Waals surface area contributed by atoms with E-state index in [9.17, 15) is 27.6 Å². The van der Waals surface area contributed by atoms with Crippen LogP contribution in [0, 0.1) is 18.8 Å². The lowest BCUT2D eigenvalue weighted by Gasteiger charge is -2.29. The molecule has 4 amide bonds. The predicted molar refractivity (Wildman–Crippen MR) is 205 cm³/mol. The SMILES string of the molecule is COc1ccc(C[C@@H]2NC(=O)[C@@H](NS(=O)(=O)c3cn(C)nc3C)Cc3ccc(cc3)OC[C@H](CC(C)C)NC(=O)CN(CC3CC3)C(=O)[C@@H](C)NC2=O)cc1. The molecule has 4 atom stereocenters. The van der Waals surface area contributed by atoms with Gasteiger partial charge in [-0.1, -0.05) is 38.1 Å². The molecule has 3 aromatic rings. The van der Waals surface area contributed by atoms with Crippen LogP contribution in [-0.4, -0.2) is 97.7 Å². The zero-order valence-corrected chi connectivity index (χ0v) is 33.1. The second-order valence-corrected chi connectivity index (χ2v) is 16.7. The first kappa shape index (κ1) is 41.2. The van der Waals surface area contributed by atoms with E-state index in [0.717, 1.165) is 12.8 Å². The fourth-order valence-electron chi connectivity index (χ4n) is 6.59. The highest BCUT2D eigenvalue weighted by Gasteiger charge is 2.35. The van der Waals surface area contributed by atoms with Crippen molar-refractivity contribution in [1.82, 2.24) is 35.4 Å². The van der Waals surface area contributed by atoms with Crippen LogP contribution >= 0.6 is 0 Å². The summed E-state index contributed by atoms with van der Waals surface area (Å²) in [7, 11) is -1.13. The second-order valence-electron chi connectivity index (χ2n) is 15.0. The van der Waals surface area contributed by atoms with Crippen LogP contribution in [0.5, 0.6) is 11.5 Å². The Morgan fingerprint density at radius 2 is 1.67 bits per heavy atom. The minimum Gasteiger partial charge on any atom is -0.497 e. The Labute approximate surface area is 322 Å². The van der Waals surface area contributed by atoms with Crippen LogP contribution in [0.1, 0.15) is 56.9 Å². The molecule has 1 saturated carbocycles. The molecule has 3 aliphatic rings. The number of carbonyl (C=O) groups excluding carboxylic acids is 4. The number of methoxy groups -OCH3 is 1. The van der Waals surface area contributed by atoms with Crippen LogP contribution in [-0.2, 0) is 49.1 Å². The number of rotatable bonds is 10. The monoisotopic (exact) mass is 779 g/mol. The van der Waals surface area contributed by atoms with Crippen LogP contribution < -0.4 is 30.1 Å².